The molecule has 0 atom stereocenters. The molecule has 1 fully saturated rings. The second kappa shape index (κ2) is 4.84. The second-order valence-electron chi connectivity index (χ2n) is 5.48. The molecule has 0 unspecified atom stereocenters. The molecule has 1 saturated carbocycles. The number of aldehydes is 1. The molecule has 0 aliphatic heterocycles. The van der Waals surface area contributed by atoms with Crippen LogP contribution in [0.4, 0.5) is 0 Å². The van der Waals surface area contributed by atoms with Crippen molar-refractivity contribution in [3.63, 3.8) is 0 Å². The van der Waals surface area contributed by atoms with Gasteiger partial charge in [0.1, 0.15) is 6.29 Å². The van der Waals surface area contributed by atoms with Crippen LogP contribution in [0.15, 0.2) is 0 Å². The molecule has 4 nitrogen and oxygen atoms in total. The van der Waals surface area contributed by atoms with Gasteiger partial charge in [-0.2, -0.15) is 0 Å². The van der Waals surface area contributed by atoms with E-state index in [4.69, 9.17) is 0 Å². The smallest absolute Gasteiger partial charge is 0.216 e. The van der Waals surface area contributed by atoms with Gasteiger partial charge >= 0.3 is 0 Å². The topological polar surface area (TPSA) is 63.2 Å². The Hall–Kier alpha value is -0.420. The van der Waals surface area contributed by atoms with E-state index in [9.17, 15) is 13.2 Å². The minimum atomic E-state index is -3.26. The fourth-order valence-electron chi connectivity index (χ4n) is 1.77. The van der Waals surface area contributed by atoms with Crippen molar-refractivity contribution in [2.45, 2.75) is 57.2 Å². The monoisotopic (exact) mass is 247 g/mol. The van der Waals surface area contributed by atoms with Gasteiger partial charge in [-0.1, -0.05) is 0 Å². The number of carbonyl (C=O) groups is 1. The Labute approximate surface area is 97.9 Å². The van der Waals surface area contributed by atoms with Gasteiger partial charge in [0, 0.05) is 12.0 Å². The standard InChI is InChI=1S/C11H21NO3S/c1-11(2,3)16(14,15)12-10-6-4-9(8-13)5-7-10/h8-10,12H,4-7H2,1-3H3/t9-,10+. The highest BCUT2D eigenvalue weighted by Gasteiger charge is 2.32. The number of hydrogen-bond donors (Lipinski definition) is 1. The molecule has 94 valence electrons. The number of rotatable bonds is 3. The summed E-state index contributed by atoms with van der Waals surface area (Å²) in [5.74, 6) is 0.121. The van der Waals surface area contributed by atoms with Crippen LogP contribution in [0.5, 0.6) is 0 Å². The number of hydrogen-bond acceptors (Lipinski definition) is 3. The minimum Gasteiger partial charge on any atom is -0.303 e. The largest absolute Gasteiger partial charge is 0.303 e. The van der Waals surface area contributed by atoms with E-state index < -0.39 is 14.8 Å². The molecule has 0 heterocycles. The Morgan fingerprint density at radius 1 is 1.12 bits per heavy atom. The van der Waals surface area contributed by atoms with Crippen molar-refractivity contribution in [1.29, 1.82) is 0 Å². The van der Waals surface area contributed by atoms with Crippen LogP contribution in [0.25, 0.3) is 0 Å². The Morgan fingerprint density at radius 2 is 1.62 bits per heavy atom. The zero-order chi connectivity index (χ0) is 12.4. The third-order valence-electron chi connectivity index (χ3n) is 3.09. The maximum atomic E-state index is 11.9. The van der Waals surface area contributed by atoms with E-state index in [2.05, 4.69) is 4.72 Å². The van der Waals surface area contributed by atoms with Gasteiger partial charge in [-0.25, -0.2) is 13.1 Å². The molecule has 0 aromatic rings. The van der Waals surface area contributed by atoms with E-state index in [-0.39, 0.29) is 12.0 Å². The van der Waals surface area contributed by atoms with Crippen molar-refractivity contribution in [2.75, 3.05) is 0 Å². The van der Waals surface area contributed by atoms with Crippen molar-refractivity contribution in [3.05, 3.63) is 0 Å². The van der Waals surface area contributed by atoms with Crippen molar-refractivity contribution >= 4 is 16.3 Å². The van der Waals surface area contributed by atoms with Gasteiger partial charge in [0.05, 0.1) is 4.75 Å². The first-order valence-electron chi connectivity index (χ1n) is 5.73. The summed E-state index contributed by atoms with van der Waals surface area (Å²) >= 11 is 0. The molecule has 1 N–H and O–H groups in total. The van der Waals surface area contributed by atoms with E-state index in [0.29, 0.717) is 0 Å². The molecular formula is C11H21NO3S. The van der Waals surface area contributed by atoms with Gasteiger partial charge in [-0.05, 0) is 46.5 Å². The summed E-state index contributed by atoms with van der Waals surface area (Å²) in [6, 6.07) is 0.000394. The third kappa shape index (κ3) is 3.28. The van der Waals surface area contributed by atoms with E-state index >= 15 is 0 Å². The normalized spacial score (nSPS) is 27.7. The van der Waals surface area contributed by atoms with Crippen molar-refractivity contribution in [3.8, 4) is 0 Å². The SMILES string of the molecule is CC(C)(C)S(=O)(=O)N[C@H]1CC[C@@H](C=O)CC1. The average molecular weight is 247 g/mol. The Balaban J connectivity index is 2.55. The van der Waals surface area contributed by atoms with Gasteiger partial charge in [-0.3, -0.25) is 0 Å². The summed E-state index contributed by atoms with van der Waals surface area (Å²) in [6.45, 7) is 5.06. The van der Waals surface area contributed by atoms with Gasteiger partial charge < -0.3 is 4.79 Å². The molecule has 1 aliphatic carbocycles. The van der Waals surface area contributed by atoms with E-state index in [1.165, 1.54) is 0 Å². The highest BCUT2D eigenvalue weighted by molar-refractivity contribution is 7.90. The van der Waals surface area contributed by atoms with Crippen LogP contribution in [0.1, 0.15) is 46.5 Å². The number of sulfonamides is 1. The quantitative estimate of drug-likeness (QED) is 0.768. The second-order valence-corrected chi connectivity index (χ2v) is 7.95. The number of carbonyl (C=O) groups excluding carboxylic acids is 1. The molecule has 0 radical (unpaired) electrons. The van der Waals surface area contributed by atoms with Gasteiger partial charge in [0.2, 0.25) is 10.0 Å². The van der Waals surface area contributed by atoms with Crippen molar-refractivity contribution < 1.29 is 13.2 Å². The fraction of sp³-hybridized carbons (Fsp3) is 0.909. The van der Waals surface area contributed by atoms with Gasteiger partial charge in [0.15, 0.2) is 0 Å². The molecule has 0 bridgehead atoms. The molecule has 0 saturated heterocycles. The van der Waals surface area contributed by atoms with Crippen LogP contribution in [-0.2, 0) is 14.8 Å². The summed E-state index contributed by atoms with van der Waals surface area (Å²) in [6.07, 6.45) is 4.09. The van der Waals surface area contributed by atoms with E-state index in [1.807, 2.05) is 0 Å². The molecule has 1 rings (SSSR count). The van der Waals surface area contributed by atoms with Crippen molar-refractivity contribution in [1.82, 2.24) is 4.72 Å². The third-order valence-corrected chi connectivity index (χ3v) is 5.35. The minimum absolute atomic E-state index is 0.000394. The zero-order valence-electron chi connectivity index (χ0n) is 10.2. The van der Waals surface area contributed by atoms with Crippen LogP contribution in [0.2, 0.25) is 0 Å². The van der Waals surface area contributed by atoms with E-state index in [1.54, 1.807) is 20.8 Å². The Kier molecular flexibility index (Phi) is 4.12. The predicted molar refractivity (Wildman–Crippen MR) is 63.6 cm³/mol. The summed E-state index contributed by atoms with van der Waals surface area (Å²) < 4.78 is 25.7. The lowest BCUT2D eigenvalue weighted by molar-refractivity contribution is -0.111. The van der Waals surface area contributed by atoms with Gasteiger partial charge in [-0.15, -0.1) is 0 Å². The first kappa shape index (κ1) is 13.6. The summed E-state index contributed by atoms with van der Waals surface area (Å²) in [5, 5.41) is 0. The van der Waals surface area contributed by atoms with Crippen molar-refractivity contribution in [2.24, 2.45) is 5.92 Å². The lowest BCUT2D eigenvalue weighted by Crippen LogP contribution is -2.45. The van der Waals surface area contributed by atoms with Crippen LogP contribution in [0, 0.1) is 5.92 Å². The highest BCUT2D eigenvalue weighted by atomic mass is 32.2. The zero-order valence-corrected chi connectivity index (χ0v) is 11.0. The first-order valence-corrected chi connectivity index (χ1v) is 7.22. The molecule has 0 aromatic heterocycles. The fourth-order valence-corrected chi connectivity index (χ4v) is 2.80. The van der Waals surface area contributed by atoms with Crippen LogP contribution in [-0.4, -0.2) is 25.5 Å². The lowest BCUT2D eigenvalue weighted by atomic mass is 9.87. The lowest BCUT2D eigenvalue weighted by Gasteiger charge is -2.29. The average Bonchev–Trinajstić information content (AvgIpc) is 2.16. The predicted octanol–water partition coefficient (Wildman–Crippen LogP) is 1.46. The highest BCUT2D eigenvalue weighted by Crippen LogP contribution is 2.24. The summed E-state index contributed by atoms with van der Waals surface area (Å²) in [7, 11) is -3.26. The van der Waals surface area contributed by atoms with E-state index in [0.717, 1.165) is 32.0 Å². The summed E-state index contributed by atoms with van der Waals surface area (Å²) in [5.41, 5.74) is 0. The molecular weight excluding hydrogens is 226 g/mol. The maximum absolute atomic E-state index is 11.9. The molecule has 0 aromatic carbocycles. The van der Waals surface area contributed by atoms with Crippen LogP contribution in [0.3, 0.4) is 0 Å². The Morgan fingerprint density at radius 3 is 2.00 bits per heavy atom. The van der Waals surface area contributed by atoms with Crippen LogP contribution < -0.4 is 4.72 Å². The number of nitrogens with one attached hydrogen (secondary N) is 1. The molecule has 5 heteroatoms. The Bertz CT molecular complexity index is 335. The first-order chi connectivity index (χ1) is 7.26. The molecule has 0 amide bonds. The molecule has 1 aliphatic rings. The maximum Gasteiger partial charge on any atom is 0.216 e. The van der Waals surface area contributed by atoms with Gasteiger partial charge in [0.25, 0.3) is 0 Å². The summed E-state index contributed by atoms with van der Waals surface area (Å²) in [4.78, 5) is 10.6. The molecule has 0 spiro atoms. The van der Waals surface area contributed by atoms with Crippen LogP contribution >= 0.6 is 0 Å². The molecule has 16 heavy (non-hydrogen) atoms.